The van der Waals surface area contributed by atoms with Crippen molar-refractivity contribution in [2.75, 3.05) is 0 Å². The summed E-state index contributed by atoms with van der Waals surface area (Å²) in [6, 6.07) is 7.63. The lowest BCUT2D eigenvalue weighted by molar-refractivity contribution is 0.112. The number of ether oxygens (including phenoxy) is 1. The van der Waals surface area contributed by atoms with Crippen LogP contribution in [0.1, 0.15) is 10.4 Å². The number of carbonyl (C=O) groups is 1. The van der Waals surface area contributed by atoms with Gasteiger partial charge in [0.25, 0.3) is 0 Å². The minimum atomic E-state index is 0.298. The Labute approximate surface area is 129 Å². The Bertz CT molecular complexity index is 641. The molecule has 6 heteroatoms. The number of hydrogen-bond acceptors (Lipinski definition) is 2. The predicted octanol–water partition coefficient (Wildman–Crippen LogP) is 5.91. The van der Waals surface area contributed by atoms with Crippen LogP contribution in [-0.2, 0) is 0 Å². The molecule has 0 heterocycles. The Kier molecular flexibility index (Phi) is 4.58. The molecule has 0 spiro atoms. The number of carbonyl (C=O) groups excluding carboxylic acids is 1. The topological polar surface area (TPSA) is 26.3 Å². The van der Waals surface area contributed by atoms with Gasteiger partial charge < -0.3 is 4.74 Å². The highest BCUT2D eigenvalue weighted by molar-refractivity contribution is 6.43. The lowest BCUT2D eigenvalue weighted by Crippen LogP contribution is -1.88. The van der Waals surface area contributed by atoms with Crippen molar-refractivity contribution in [1.29, 1.82) is 0 Å². The van der Waals surface area contributed by atoms with E-state index in [9.17, 15) is 4.79 Å². The maximum absolute atomic E-state index is 10.6. The van der Waals surface area contributed by atoms with Gasteiger partial charge in [-0.2, -0.15) is 0 Å². The fourth-order valence-corrected chi connectivity index (χ4v) is 2.18. The van der Waals surface area contributed by atoms with Gasteiger partial charge in [-0.05, 0) is 24.3 Å². The van der Waals surface area contributed by atoms with Crippen molar-refractivity contribution >= 4 is 52.7 Å². The van der Waals surface area contributed by atoms with Gasteiger partial charge in [0.2, 0.25) is 0 Å². The minimum absolute atomic E-state index is 0.298. The molecule has 0 atom stereocenters. The van der Waals surface area contributed by atoms with Crippen molar-refractivity contribution in [3.8, 4) is 11.5 Å². The average Bonchev–Trinajstić information content (AvgIpc) is 2.38. The molecule has 2 aromatic rings. The Morgan fingerprint density at radius 2 is 1.42 bits per heavy atom. The van der Waals surface area contributed by atoms with E-state index in [0.29, 0.717) is 43.4 Å². The van der Waals surface area contributed by atoms with Crippen molar-refractivity contribution in [3.63, 3.8) is 0 Å². The molecule has 0 N–H and O–H groups in total. The Hall–Kier alpha value is -0.930. The molecule has 0 bridgehead atoms. The van der Waals surface area contributed by atoms with Crippen LogP contribution in [0.15, 0.2) is 30.3 Å². The summed E-state index contributed by atoms with van der Waals surface area (Å²) in [6.45, 7) is 0. The summed E-state index contributed by atoms with van der Waals surface area (Å²) in [4.78, 5) is 10.6. The molecule has 0 saturated heterocycles. The van der Waals surface area contributed by atoms with Crippen molar-refractivity contribution < 1.29 is 9.53 Å². The SMILES string of the molecule is O=Cc1ccc(Oc2cc(Cl)c(Cl)cc2Cl)c(Cl)c1. The number of rotatable bonds is 3. The zero-order chi connectivity index (χ0) is 14.0. The monoisotopic (exact) mass is 334 g/mol. The lowest BCUT2D eigenvalue weighted by Gasteiger charge is -2.10. The summed E-state index contributed by atoms with van der Waals surface area (Å²) in [7, 11) is 0. The first-order chi connectivity index (χ1) is 9.01. The second-order valence-electron chi connectivity index (χ2n) is 3.61. The molecule has 0 fully saturated rings. The van der Waals surface area contributed by atoms with Gasteiger partial charge in [-0.25, -0.2) is 0 Å². The van der Waals surface area contributed by atoms with Gasteiger partial charge in [0.1, 0.15) is 17.8 Å². The fraction of sp³-hybridized carbons (Fsp3) is 0. The summed E-state index contributed by atoms with van der Waals surface area (Å²) in [5, 5.41) is 1.26. The molecule has 98 valence electrons. The van der Waals surface area contributed by atoms with Crippen LogP contribution in [0.4, 0.5) is 0 Å². The van der Waals surface area contributed by atoms with Gasteiger partial charge in [-0.3, -0.25) is 4.79 Å². The Morgan fingerprint density at radius 1 is 0.789 bits per heavy atom. The van der Waals surface area contributed by atoms with Crippen LogP contribution < -0.4 is 4.74 Å². The third-order valence-electron chi connectivity index (χ3n) is 2.29. The van der Waals surface area contributed by atoms with Gasteiger partial charge in [-0.15, -0.1) is 0 Å². The van der Waals surface area contributed by atoms with E-state index in [-0.39, 0.29) is 0 Å². The normalized spacial score (nSPS) is 10.3. The molecule has 2 nitrogen and oxygen atoms in total. The minimum Gasteiger partial charge on any atom is -0.454 e. The van der Waals surface area contributed by atoms with E-state index < -0.39 is 0 Å². The average molecular weight is 336 g/mol. The third-order valence-corrected chi connectivity index (χ3v) is 3.60. The molecule has 2 aromatic carbocycles. The highest BCUT2D eigenvalue weighted by atomic mass is 35.5. The largest absolute Gasteiger partial charge is 0.454 e. The van der Waals surface area contributed by atoms with E-state index in [4.69, 9.17) is 51.1 Å². The molecular weight excluding hydrogens is 330 g/mol. The molecule has 2 rings (SSSR count). The highest BCUT2D eigenvalue weighted by Crippen LogP contribution is 2.38. The van der Waals surface area contributed by atoms with Crippen molar-refractivity contribution in [1.82, 2.24) is 0 Å². The second-order valence-corrected chi connectivity index (χ2v) is 5.24. The van der Waals surface area contributed by atoms with E-state index >= 15 is 0 Å². The summed E-state index contributed by atoms with van der Waals surface area (Å²) in [5.74, 6) is 0.698. The smallest absolute Gasteiger partial charge is 0.150 e. The van der Waals surface area contributed by atoms with Gasteiger partial charge in [0, 0.05) is 11.6 Å². The molecule has 0 unspecified atom stereocenters. The van der Waals surface area contributed by atoms with Gasteiger partial charge in [0.05, 0.1) is 20.1 Å². The maximum atomic E-state index is 10.6. The summed E-state index contributed by atoms with van der Waals surface area (Å²) >= 11 is 23.7. The van der Waals surface area contributed by atoms with Crippen LogP contribution in [0.5, 0.6) is 11.5 Å². The molecule has 19 heavy (non-hydrogen) atoms. The van der Waals surface area contributed by atoms with E-state index in [0.717, 1.165) is 0 Å². The van der Waals surface area contributed by atoms with E-state index in [1.165, 1.54) is 18.2 Å². The van der Waals surface area contributed by atoms with Crippen LogP contribution in [0.2, 0.25) is 20.1 Å². The molecular formula is C13H6Cl4O2. The fourth-order valence-electron chi connectivity index (χ4n) is 1.37. The molecule has 0 aromatic heterocycles. The lowest BCUT2D eigenvalue weighted by atomic mass is 10.2. The molecule has 0 amide bonds. The molecule has 0 radical (unpaired) electrons. The number of halogens is 4. The maximum Gasteiger partial charge on any atom is 0.150 e. The zero-order valence-electron chi connectivity index (χ0n) is 9.29. The van der Waals surface area contributed by atoms with Crippen LogP contribution in [0.25, 0.3) is 0 Å². The standard InChI is InChI=1S/C13H6Cl4O2/c14-8-4-11(17)13(5-9(8)15)19-12-2-1-7(6-18)3-10(12)16/h1-6H. The predicted molar refractivity (Wildman–Crippen MR) is 78.4 cm³/mol. The first-order valence-electron chi connectivity index (χ1n) is 5.08. The molecule has 0 saturated carbocycles. The van der Waals surface area contributed by atoms with Crippen LogP contribution in [0.3, 0.4) is 0 Å². The van der Waals surface area contributed by atoms with Crippen LogP contribution in [-0.4, -0.2) is 6.29 Å². The first kappa shape index (κ1) is 14.5. The van der Waals surface area contributed by atoms with E-state index in [1.54, 1.807) is 12.1 Å². The van der Waals surface area contributed by atoms with Crippen molar-refractivity contribution in [2.45, 2.75) is 0 Å². The van der Waals surface area contributed by atoms with Gasteiger partial charge in [0.15, 0.2) is 0 Å². The van der Waals surface area contributed by atoms with Crippen LogP contribution in [0, 0.1) is 0 Å². The number of aldehydes is 1. The Morgan fingerprint density at radius 3 is 2.05 bits per heavy atom. The summed E-state index contributed by atoms with van der Waals surface area (Å²) < 4.78 is 5.55. The van der Waals surface area contributed by atoms with Crippen molar-refractivity contribution in [3.05, 3.63) is 56.0 Å². The molecule has 0 aliphatic heterocycles. The van der Waals surface area contributed by atoms with Gasteiger partial charge >= 0.3 is 0 Å². The summed E-state index contributed by atoms with van der Waals surface area (Å²) in [5.41, 5.74) is 0.456. The van der Waals surface area contributed by atoms with E-state index in [2.05, 4.69) is 0 Å². The quantitative estimate of drug-likeness (QED) is 0.515. The first-order valence-corrected chi connectivity index (χ1v) is 6.59. The number of hydrogen-bond donors (Lipinski definition) is 0. The van der Waals surface area contributed by atoms with Gasteiger partial charge in [-0.1, -0.05) is 46.4 Å². The van der Waals surface area contributed by atoms with E-state index in [1.807, 2.05) is 0 Å². The second kappa shape index (κ2) is 6.02. The van der Waals surface area contributed by atoms with Crippen molar-refractivity contribution in [2.24, 2.45) is 0 Å². The molecule has 0 aliphatic rings. The zero-order valence-corrected chi connectivity index (χ0v) is 12.3. The highest BCUT2D eigenvalue weighted by Gasteiger charge is 2.10. The van der Waals surface area contributed by atoms with Crippen LogP contribution >= 0.6 is 46.4 Å². The summed E-state index contributed by atoms with van der Waals surface area (Å²) in [6.07, 6.45) is 0.696. The third kappa shape index (κ3) is 3.34. The molecule has 0 aliphatic carbocycles. The Balaban J connectivity index is 2.36. The number of benzene rings is 2.